The first-order chi connectivity index (χ1) is 16.3. The van der Waals surface area contributed by atoms with Crippen molar-refractivity contribution in [2.45, 2.75) is 89.0 Å². The lowest BCUT2D eigenvalue weighted by atomic mass is 10.1. The fourth-order valence-electron chi connectivity index (χ4n) is 3.59. The number of fused-ring (bicyclic) bond motifs is 1. The van der Waals surface area contributed by atoms with Crippen LogP contribution in [-0.2, 0) is 7.05 Å². The Balaban J connectivity index is 1.53. The zero-order chi connectivity index (χ0) is 23.6. The quantitative estimate of drug-likeness (QED) is 0.0996. The second kappa shape index (κ2) is 17.2. The van der Waals surface area contributed by atoms with Gasteiger partial charge in [-0.25, -0.2) is 14.6 Å². The van der Waals surface area contributed by atoms with Gasteiger partial charge in [-0.1, -0.05) is 81.5 Å². The van der Waals surface area contributed by atoms with E-state index in [-0.39, 0.29) is 0 Å². The summed E-state index contributed by atoms with van der Waals surface area (Å²) in [5, 5.41) is 14.0. The average molecular weight is 470 g/mol. The van der Waals surface area contributed by atoms with E-state index in [0.29, 0.717) is 29.3 Å². The van der Waals surface area contributed by atoms with Gasteiger partial charge in [0, 0.05) is 7.05 Å². The Bertz CT molecular complexity index is 900. The van der Waals surface area contributed by atoms with Gasteiger partial charge in [0.15, 0.2) is 5.52 Å². The number of rotatable bonds is 18. The highest BCUT2D eigenvalue weighted by molar-refractivity contribution is 7.99. The molecule has 0 saturated heterocycles. The molecule has 0 unspecified atom stereocenters. The van der Waals surface area contributed by atoms with Gasteiger partial charge >= 0.3 is 0 Å². The molecule has 0 aromatic carbocycles. The number of nitriles is 1. The molecular weight excluding hydrogens is 430 g/mol. The van der Waals surface area contributed by atoms with Gasteiger partial charge in [-0.2, -0.15) is 10.4 Å². The van der Waals surface area contributed by atoms with Crippen LogP contribution in [0.5, 0.6) is 5.88 Å². The molecule has 33 heavy (non-hydrogen) atoms. The van der Waals surface area contributed by atoms with Gasteiger partial charge in [0.1, 0.15) is 16.9 Å². The van der Waals surface area contributed by atoms with E-state index in [1.54, 1.807) is 4.68 Å². The highest BCUT2D eigenvalue weighted by atomic mass is 32.2. The molecule has 180 valence electrons. The normalized spacial score (nSPS) is 11.7. The molecule has 0 N–H and O–H groups in total. The second-order valence-corrected chi connectivity index (χ2v) is 9.15. The zero-order valence-corrected chi connectivity index (χ0v) is 21.2. The number of ether oxygens (including phenoxy) is 1. The number of allylic oxidation sites excluding steroid dienone is 4. The van der Waals surface area contributed by atoms with E-state index in [0.717, 1.165) is 17.9 Å². The standard InChI is InChI=1S/C26H39N5OS/c1-3-4-5-6-7-8-9-10-11-12-13-14-15-16-17-18-20-32-26-24-23(30-31(26)2)25(29-22-28-24)33-21-19-27/h7-8,10-11,22H,3-6,9,12-18,20-21H2,1-2H3. The topological polar surface area (TPSA) is 76.6 Å². The predicted molar refractivity (Wildman–Crippen MR) is 137 cm³/mol. The van der Waals surface area contributed by atoms with Crippen LogP contribution < -0.4 is 4.74 Å². The molecule has 0 amide bonds. The number of aryl methyl sites for hydroxylation is 1. The van der Waals surface area contributed by atoms with Crippen molar-refractivity contribution in [1.82, 2.24) is 19.7 Å². The van der Waals surface area contributed by atoms with Crippen LogP contribution >= 0.6 is 11.8 Å². The van der Waals surface area contributed by atoms with E-state index >= 15 is 0 Å². The van der Waals surface area contributed by atoms with E-state index in [4.69, 9.17) is 10.00 Å². The minimum Gasteiger partial charge on any atom is -0.476 e. The summed E-state index contributed by atoms with van der Waals surface area (Å²) in [6, 6.07) is 2.12. The van der Waals surface area contributed by atoms with E-state index in [1.165, 1.54) is 82.3 Å². The third-order valence-electron chi connectivity index (χ3n) is 5.39. The van der Waals surface area contributed by atoms with Gasteiger partial charge in [-0.05, 0) is 38.5 Å². The van der Waals surface area contributed by atoms with Gasteiger partial charge in [0.05, 0.1) is 18.4 Å². The molecule has 2 aromatic heterocycles. The molecular formula is C26H39N5OS. The molecule has 0 atom stereocenters. The smallest absolute Gasteiger partial charge is 0.239 e. The first-order valence-corrected chi connectivity index (χ1v) is 13.4. The van der Waals surface area contributed by atoms with Crippen LogP contribution in [0.25, 0.3) is 11.0 Å². The second-order valence-electron chi connectivity index (χ2n) is 8.18. The van der Waals surface area contributed by atoms with Crippen molar-refractivity contribution in [2.24, 2.45) is 7.05 Å². The lowest BCUT2D eigenvalue weighted by Crippen LogP contribution is -2.02. The lowest BCUT2D eigenvalue weighted by molar-refractivity contribution is 0.282. The zero-order valence-electron chi connectivity index (χ0n) is 20.3. The van der Waals surface area contributed by atoms with Crippen molar-refractivity contribution >= 4 is 22.8 Å². The fraction of sp³-hybridized carbons (Fsp3) is 0.615. The minimum absolute atomic E-state index is 0.339. The Morgan fingerprint density at radius 1 is 0.939 bits per heavy atom. The summed E-state index contributed by atoms with van der Waals surface area (Å²) in [7, 11) is 1.86. The Morgan fingerprint density at radius 2 is 1.64 bits per heavy atom. The van der Waals surface area contributed by atoms with Crippen LogP contribution in [0.1, 0.15) is 84.0 Å². The maximum atomic E-state index is 8.80. The maximum Gasteiger partial charge on any atom is 0.239 e. The van der Waals surface area contributed by atoms with Gasteiger partial charge < -0.3 is 4.74 Å². The van der Waals surface area contributed by atoms with Crippen LogP contribution in [0.3, 0.4) is 0 Å². The number of aromatic nitrogens is 4. The Morgan fingerprint density at radius 3 is 2.36 bits per heavy atom. The van der Waals surface area contributed by atoms with Gasteiger partial charge in [-0.15, -0.1) is 0 Å². The summed E-state index contributed by atoms with van der Waals surface area (Å²) in [6.45, 7) is 2.91. The van der Waals surface area contributed by atoms with Crippen molar-refractivity contribution < 1.29 is 4.74 Å². The van der Waals surface area contributed by atoms with Crippen molar-refractivity contribution in [3.63, 3.8) is 0 Å². The number of nitrogens with zero attached hydrogens (tertiary/aromatic N) is 5. The molecule has 0 bridgehead atoms. The SMILES string of the molecule is CCCCCC=CCC=CCCCCCCCCOc1c2ncnc(SCC#N)c2nn1C. The Kier molecular flexibility index (Phi) is 14.0. The van der Waals surface area contributed by atoms with Gasteiger partial charge in [0.25, 0.3) is 0 Å². The molecule has 2 rings (SSSR count). The highest BCUT2D eigenvalue weighted by Gasteiger charge is 2.16. The Labute approximate surface area is 203 Å². The summed E-state index contributed by atoms with van der Waals surface area (Å²) in [4.78, 5) is 8.58. The first kappa shape index (κ1) is 26.9. The molecule has 0 aliphatic heterocycles. The van der Waals surface area contributed by atoms with E-state index in [9.17, 15) is 0 Å². The summed E-state index contributed by atoms with van der Waals surface area (Å²) in [6.07, 6.45) is 25.5. The molecule has 7 heteroatoms. The van der Waals surface area contributed by atoms with Crippen LogP contribution in [0, 0.1) is 11.3 Å². The van der Waals surface area contributed by atoms with Crippen LogP contribution in [0.15, 0.2) is 35.7 Å². The maximum absolute atomic E-state index is 8.80. The van der Waals surface area contributed by atoms with Crippen molar-refractivity contribution in [1.29, 1.82) is 5.26 Å². The average Bonchev–Trinajstić information content (AvgIpc) is 3.15. The van der Waals surface area contributed by atoms with Crippen molar-refractivity contribution in [2.75, 3.05) is 12.4 Å². The van der Waals surface area contributed by atoms with Crippen LogP contribution in [-0.4, -0.2) is 32.1 Å². The highest BCUT2D eigenvalue weighted by Crippen LogP contribution is 2.29. The molecule has 0 aliphatic carbocycles. The minimum atomic E-state index is 0.339. The molecule has 0 spiro atoms. The molecule has 0 aliphatic rings. The molecule has 2 aromatic rings. The van der Waals surface area contributed by atoms with E-state index in [1.807, 2.05) is 7.05 Å². The summed E-state index contributed by atoms with van der Waals surface area (Å²) >= 11 is 1.37. The molecule has 0 radical (unpaired) electrons. The summed E-state index contributed by atoms with van der Waals surface area (Å²) in [5.41, 5.74) is 1.42. The van der Waals surface area contributed by atoms with Gasteiger partial charge in [-0.3, -0.25) is 0 Å². The predicted octanol–water partition coefficient (Wildman–Crippen LogP) is 7.17. The molecule has 6 nitrogen and oxygen atoms in total. The number of unbranched alkanes of at least 4 members (excludes halogenated alkanes) is 9. The number of hydrogen-bond acceptors (Lipinski definition) is 6. The van der Waals surface area contributed by atoms with Crippen LogP contribution in [0.2, 0.25) is 0 Å². The van der Waals surface area contributed by atoms with Gasteiger partial charge in [0.2, 0.25) is 5.88 Å². The number of thioether (sulfide) groups is 1. The van der Waals surface area contributed by atoms with Crippen molar-refractivity contribution in [3.8, 4) is 11.9 Å². The monoisotopic (exact) mass is 469 g/mol. The third kappa shape index (κ3) is 10.4. The largest absolute Gasteiger partial charge is 0.476 e. The molecule has 2 heterocycles. The summed E-state index contributed by atoms with van der Waals surface area (Å²) in [5.74, 6) is 1.01. The third-order valence-corrected chi connectivity index (χ3v) is 6.24. The first-order valence-electron chi connectivity index (χ1n) is 12.4. The fourth-order valence-corrected chi connectivity index (χ4v) is 4.18. The van der Waals surface area contributed by atoms with E-state index < -0.39 is 0 Å². The number of hydrogen-bond donors (Lipinski definition) is 0. The molecule has 0 fully saturated rings. The van der Waals surface area contributed by atoms with Crippen molar-refractivity contribution in [3.05, 3.63) is 30.6 Å². The van der Waals surface area contributed by atoms with Crippen LogP contribution in [0.4, 0.5) is 0 Å². The molecule has 0 saturated carbocycles. The summed E-state index contributed by atoms with van der Waals surface area (Å²) < 4.78 is 7.70. The Hall–Kier alpha value is -2.33. The lowest BCUT2D eigenvalue weighted by Gasteiger charge is -2.06. The van der Waals surface area contributed by atoms with E-state index in [2.05, 4.69) is 52.4 Å².